The van der Waals surface area contributed by atoms with Crippen molar-refractivity contribution in [2.75, 3.05) is 14.2 Å². The number of fused-ring (bicyclic) bond motifs is 1. The fourth-order valence-electron chi connectivity index (χ4n) is 2.10. The lowest BCUT2D eigenvalue weighted by molar-refractivity contribution is 0.354. The average Bonchev–Trinajstić information content (AvgIpc) is 2.36. The van der Waals surface area contributed by atoms with E-state index in [-0.39, 0.29) is 0 Å². The highest BCUT2D eigenvalue weighted by molar-refractivity contribution is 5.84. The van der Waals surface area contributed by atoms with Crippen molar-refractivity contribution in [3.05, 3.63) is 23.3 Å². The first-order valence-corrected chi connectivity index (χ1v) is 5.93. The van der Waals surface area contributed by atoms with Gasteiger partial charge in [0.05, 0.1) is 20.3 Å². The molecular weight excluding hydrogens is 214 g/mol. The summed E-state index contributed by atoms with van der Waals surface area (Å²) in [7, 11) is 3.32. The maximum absolute atomic E-state index is 5.33. The number of ether oxygens (including phenoxy) is 2. The van der Waals surface area contributed by atoms with Crippen molar-refractivity contribution in [1.82, 2.24) is 0 Å². The Kier molecular flexibility index (Phi) is 3.36. The van der Waals surface area contributed by atoms with Crippen molar-refractivity contribution in [2.45, 2.75) is 26.3 Å². The van der Waals surface area contributed by atoms with Gasteiger partial charge in [-0.25, -0.2) is 0 Å². The molecule has 0 amide bonds. The second kappa shape index (κ2) is 4.78. The highest BCUT2D eigenvalue weighted by atomic mass is 16.5. The lowest BCUT2D eigenvalue weighted by atomic mass is 9.91. The zero-order chi connectivity index (χ0) is 12.4. The van der Waals surface area contributed by atoms with E-state index in [0.29, 0.717) is 12.0 Å². The largest absolute Gasteiger partial charge is 0.493 e. The molecule has 1 aliphatic rings. The molecule has 17 heavy (non-hydrogen) atoms. The molecule has 0 N–H and O–H groups in total. The van der Waals surface area contributed by atoms with Crippen LogP contribution in [0.3, 0.4) is 0 Å². The van der Waals surface area contributed by atoms with Crippen molar-refractivity contribution in [3.63, 3.8) is 0 Å². The van der Waals surface area contributed by atoms with Gasteiger partial charge in [-0.1, -0.05) is 13.8 Å². The monoisotopic (exact) mass is 233 g/mol. The van der Waals surface area contributed by atoms with Crippen LogP contribution in [-0.2, 0) is 6.42 Å². The minimum Gasteiger partial charge on any atom is -0.493 e. The molecule has 2 rings (SSSR count). The van der Waals surface area contributed by atoms with Crippen molar-refractivity contribution in [3.8, 4) is 11.5 Å². The molecule has 1 aromatic rings. The Hall–Kier alpha value is -1.51. The second-order valence-corrected chi connectivity index (χ2v) is 4.70. The van der Waals surface area contributed by atoms with Crippen LogP contribution in [0.5, 0.6) is 11.5 Å². The van der Waals surface area contributed by atoms with Gasteiger partial charge in [0.25, 0.3) is 0 Å². The Morgan fingerprint density at radius 3 is 2.41 bits per heavy atom. The van der Waals surface area contributed by atoms with Crippen LogP contribution in [0.25, 0.3) is 0 Å². The van der Waals surface area contributed by atoms with Crippen molar-refractivity contribution in [1.29, 1.82) is 0 Å². The lowest BCUT2D eigenvalue weighted by Crippen LogP contribution is -2.21. The zero-order valence-corrected chi connectivity index (χ0v) is 10.9. The molecule has 0 saturated carbocycles. The minimum atomic E-state index is 0.376. The van der Waals surface area contributed by atoms with Gasteiger partial charge in [-0.3, -0.25) is 4.99 Å². The topological polar surface area (TPSA) is 30.8 Å². The Labute approximate surface area is 102 Å². The first-order valence-electron chi connectivity index (χ1n) is 5.93. The summed E-state index contributed by atoms with van der Waals surface area (Å²) < 4.78 is 10.6. The first-order chi connectivity index (χ1) is 8.15. The van der Waals surface area contributed by atoms with Crippen LogP contribution >= 0.6 is 0 Å². The fourth-order valence-corrected chi connectivity index (χ4v) is 2.10. The van der Waals surface area contributed by atoms with E-state index in [0.717, 1.165) is 23.5 Å². The molecule has 0 aliphatic carbocycles. The molecule has 3 nitrogen and oxygen atoms in total. The highest BCUT2D eigenvalue weighted by Crippen LogP contribution is 2.32. The average molecular weight is 233 g/mol. The molecule has 3 heteroatoms. The Balaban J connectivity index is 2.38. The number of rotatable bonds is 3. The van der Waals surface area contributed by atoms with E-state index in [1.807, 2.05) is 12.3 Å². The summed E-state index contributed by atoms with van der Waals surface area (Å²) in [6.07, 6.45) is 2.93. The molecular formula is C14H19NO2. The third-order valence-corrected chi connectivity index (χ3v) is 3.25. The van der Waals surface area contributed by atoms with Gasteiger partial charge in [-0.15, -0.1) is 0 Å². The van der Waals surface area contributed by atoms with Crippen molar-refractivity contribution in [2.24, 2.45) is 10.9 Å². The van der Waals surface area contributed by atoms with Crippen LogP contribution in [-0.4, -0.2) is 26.5 Å². The molecule has 0 aromatic heterocycles. The van der Waals surface area contributed by atoms with Gasteiger partial charge in [0.1, 0.15) is 0 Å². The second-order valence-electron chi connectivity index (χ2n) is 4.70. The van der Waals surface area contributed by atoms with Crippen LogP contribution in [0, 0.1) is 5.92 Å². The Morgan fingerprint density at radius 1 is 1.18 bits per heavy atom. The first kappa shape index (κ1) is 12.0. The fraction of sp³-hybridized carbons (Fsp3) is 0.500. The Bertz CT molecular complexity index is 438. The predicted octanol–water partition coefficient (Wildman–Crippen LogP) is 2.70. The predicted molar refractivity (Wildman–Crippen MR) is 69.5 cm³/mol. The van der Waals surface area contributed by atoms with E-state index < -0.39 is 0 Å². The van der Waals surface area contributed by atoms with Gasteiger partial charge >= 0.3 is 0 Å². The molecule has 1 atom stereocenters. The summed E-state index contributed by atoms with van der Waals surface area (Å²) in [6, 6.07) is 4.43. The maximum Gasteiger partial charge on any atom is 0.161 e. The molecule has 0 fully saturated rings. The van der Waals surface area contributed by atoms with Crippen molar-refractivity contribution < 1.29 is 9.47 Å². The number of benzene rings is 1. The smallest absolute Gasteiger partial charge is 0.161 e. The van der Waals surface area contributed by atoms with E-state index in [2.05, 4.69) is 24.9 Å². The van der Waals surface area contributed by atoms with Crippen LogP contribution < -0.4 is 9.47 Å². The normalized spacial score (nSPS) is 18.1. The molecule has 0 spiro atoms. The zero-order valence-electron chi connectivity index (χ0n) is 10.9. The molecule has 0 unspecified atom stereocenters. The standard InChI is InChI=1S/C14H19NO2/c1-9(2)12-5-10-6-13(16-3)14(17-4)7-11(10)8-15-12/h6-9,12H,5H2,1-4H3/t12-/m0/s1. The summed E-state index contributed by atoms with van der Waals surface area (Å²) in [4.78, 5) is 4.58. The summed E-state index contributed by atoms with van der Waals surface area (Å²) in [5.74, 6) is 2.12. The maximum atomic E-state index is 5.33. The van der Waals surface area contributed by atoms with Gasteiger partial charge in [0, 0.05) is 6.21 Å². The van der Waals surface area contributed by atoms with E-state index in [4.69, 9.17) is 9.47 Å². The van der Waals surface area contributed by atoms with E-state index in [1.54, 1.807) is 14.2 Å². The van der Waals surface area contributed by atoms with Gasteiger partial charge in [-0.2, -0.15) is 0 Å². The van der Waals surface area contributed by atoms with Gasteiger partial charge in [-0.05, 0) is 35.6 Å². The van der Waals surface area contributed by atoms with E-state index in [9.17, 15) is 0 Å². The van der Waals surface area contributed by atoms with E-state index >= 15 is 0 Å². The summed E-state index contributed by atoms with van der Waals surface area (Å²) >= 11 is 0. The van der Waals surface area contributed by atoms with Gasteiger partial charge in [0.2, 0.25) is 0 Å². The number of methoxy groups -OCH3 is 2. The SMILES string of the molecule is COc1cc2c(cc1OC)C[C@@H](C(C)C)N=C2. The molecule has 1 heterocycles. The summed E-state index contributed by atoms with van der Waals surface area (Å²) in [6.45, 7) is 4.40. The van der Waals surface area contributed by atoms with Crippen LogP contribution in [0.2, 0.25) is 0 Å². The summed E-state index contributed by atoms with van der Waals surface area (Å²) in [5, 5.41) is 0. The number of hydrogen-bond acceptors (Lipinski definition) is 3. The minimum absolute atomic E-state index is 0.376. The third-order valence-electron chi connectivity index (χ3n) is 3.25. The van der Waals surface area contributed by atoms with Crippen LogP contribution in [0.1, 0.15) is 25.0 Å². The number of hydrogen-bond donors (Lipinski definition) is 0. The molecule has 1 aromatic carbocycles. The van der Waals surface area contributed by atoms with E-state index in [1.165, 1.54) is 5.56 Å². The highest BCUT2D eigenvalue weighted by Gasteiger charge is 2.20. The molecule has 0 bridgehead atoms. The Morgan fingerprint density at radius 2 is 1.82 bits per heavy atom. The molecule has 1 aliphatic heterocycles. The number of aliphatic imine (C=N–C) groups is 1. The summed E-state index contributed by atoms with van der Waals surface area (Å²) in [5.41, 5.74) is 2.43. The quantitative estimate of drug-likeness (QED) is 0.803. The molecule has 92 valence electrons. The molecule has 0 saturated heterocycles. The number of nitrogens with zero attached hydrogens (tertiary/aromatic N) is 1. The van der Waals surface area contributed by atoms with Crippen LogP contribution in [0.4, 0.5) is 0 Å². The molecule has 0 radical (unpaired) electrons. The van der Waals surface area contributed by atoms with Gasteiger partial charge in [0.15, 0.2) is 11.5 Å². The van der Waals surface area contributed by atoms with Crippen LogP contribution in [0.15, 0.2) is 17.1 Å². The van der Waals surface area contributed by atoms with Gasteiger partial charge < -0.3 is 9.47 Å². The lowest BCUT2D eigenvalue weighted by Gasteiger charge is -2.23. The third kappa shape index (κ3) is 2.28. The van der Waals surface area contributed by atoms with Crippen molar-refractivity contribution >= 4 is 6.21 Å².